The van der Waals surface area contributed by atoms with E-state index >= 15 is 0 Å². The Morgan fingerprint density at radius 1 is 1.29 bits per heavy atom. The molecule has 0 aliphatic rings. The van der Waals surface area contributed by atoms with Gasteiger partial charge < -0.3 is 10.6 Å². The van der Waals surface area contributed by atoms with Crippen molar-refractivity contribution < 1.29 is 4.79 Å². The molecule has 1 heterocycles. The first-order valence-electron chi connectivity index (χ1n) is 5.91. The summed E-state index contributed by atoms with van der Waals surface area (Å²) < 4.78 is 0. The van der Waals surface area contributed by atoms with Crippen LogP contribution < -0.4 is 10.6 Å². The van der Waals surface area contributed by atoms with Crippen molar-refractivity contribution in [3.63, 3.8) is 0 Å². The third-order valence-corrected chi connectivity index (χ3v) is 2.60. The zero-order valence-electron chi connectivity index (χ0n) is 10.8. The van der Waals surface area contributed by atoms with Crippen molar-refractivity contribution in [2.24, 2.45) is 5.92 Å². The fraction of sp³-hybridized carbons (Fsp3) is 0.583. The number of aromatic nitrogens is 2. The Morgan fingerprint density at radius 2 is 2.00 bits per heavy atom. The Hall–Kier alpha value is -1.65. The zero-order chi connectivity index (χ0) is 12.8. The van der Waals surface area contributed by atoms with E-state index < -0.39 is 0 Å². The number of nitrogens with zero attached hydrogens (tertiary/aromatic N) is 2. The number of hydrogen-bond donors (Lipinski definition) is 2. The Labute approximate surface area is 102 Å². The first-order chi connectivity index (χ1) is 8.04. The van der Waals surface area contributed by atoms with Crippen LogP contribution in [0.4, 0.5) is 5.82 Å². The summed E-state index contributed by atoms with van der Waals surface area (Å²) in [5, 5.41) is 5.91. The highest BCUT2D eigenvalue weighted by molar-refractivity contribution is 5.92. The van der Waals surface area contributed by atoms with Gasteiger partial charge in [0.2, 0.25) is 0 Å². The minimum absolute atomic E-state index is 0.123. The quantitative estimate of drug-likeness (QED) is 0.816. The Kier molecular flexibility index (Phi) is 4.87. The highest BCUT2D eigenvalue weighted by Crippen LogP contribution is 2.03. The number of amides is 1. The zero-order valence-corrected chi connectivity index (χ0v) is 10.8. The van der Waals surface area contributed by atoms with Crippen molar-refractivity contribution in [2.45, 2.75) is 33.7 Å². The van der Waals surface area contributed by atoms with Gasteiger partial charge in [0.15, 0.2) is 0 Å². The molecule has 1 amide bonds. The lowest BCUT2D eigenvalue weighted by Crippen LogP contribution is -2.36. The van der Waals surface area contributed by atoms with Crippen LogP contribution in [0.2, 0.25) is 0 Å². The average Bonchev–Trinajstić information content (AvgIpc) is 2.30. The lowest BCUT2D eigenvalue weighted by atomic mass is 10.1. The highest BCUT2D eigenvalue weighted by atomic mass is 16.1. The summed E-state index contributed by atoms with van der Waals surface area (Å²) in [6, 6.07) is 0.123. The molecule has 94 valence electrons. The average molecular weight is 236 g/mol. The molecule has 0 aliphatic heterocycles. The second-order valence-corrected chi connectivity index (χ2v) is 4.32. The van der Waals surface area contributed by atoms with Gasteiger partial charge in [-0.05, 0) is 19.8 Å². The van der Waals surface area contributed by atoms with Crippen LogP contribution in [-0.2, 0) is 0 Å². The van der Waals surface area contributed by atoms with Gasteiger partial charge in [0.1, 0.15) is 11.5 Å². The van der Waals surface area contributed by atoms with Crippen molar-refractivity contribution in [3.8, 4) is 0 Å². The van der Waals surface area contributed by atoms with E-state index in [1.807, 2.05) is 13.8 Å². The molecule has 0 aromatic carbocycles. The lowest BCUT2D eigenvalue weighted by molar-refractivity contribution is 0.0925. The van der Waals surface area contributed by atoms with Gasteiger partial charge in [-0.25, -0.2) is 9.97 Å². The van der Waals surface area contributed by atoms with E-state index in [1.165, 1.54) is 6.20 Å². The first-order valence-corrected chi connectivity index (χ1v) is 5.91. The molecule has 0 saturated carbocycles. The summed E-state index contributed by atoms with van der Waals surface area (Å²) >= 11 is 0. The SMILES string of the molecule is CCNc1cnc(C(=O)NC(C)C(C)C)cn1. The molecule has 0 fully saturated rings. The number of nitrogens with one attached hydrogen (secondary N) is 2. The third kappa shape index (κ3) is 4.01. The van der Waals surface area contributed by atoms with Crippen LogP contribution in [-0.4, -0.2) is 28.5 Å². The molecular formula is C12H20N4O. The van der Waals surface area contributed by atoms with Crippen molar-refractivity contribution in [2.75, 3.05) is 11.9 Å². The second kappa shape index (κ2) is 6.18. The largest absolute Gasteiger partial charge is 0.369 e. The molecule has 1 rings (SSSR count). The minimum atomic E-state index is -0.179. The standard InChI is InChI=1S/C12H20N4O/c1-5-13-11-7-14-10(6-15-11)12(17)16-9(4)8(2)3/h6-9H,5H2,1-4H3,(H,13,15)(H,16,17). The fourth-order valence-corrected chi connectivity index (χ4v) is 1.17. The monoisotopic (exact) mass is 236 g/mol. The maximum atomic E-state index is 11.8. The molecule has 0 bridgehead atoms. The maximum absolute atomic E-state index is 11.8. The van der Waals surface area contributed by atoms with Crippen LogP contribution in [0.1, 0.15) is 38.2 Å². The number of rotatable bonds is 5. The smallest absolute Gasteiger partial charge is 0.271 e. The lowest BCUT2D eigenvalue weighted by Gasteiger charge is -2.16. The van der Waals surface area contributed by atoms with Gasteiger partial charge in [-0.1, -0.05) is 13.8 Å². The summed E-state index contributed by atoms with van der Waals surface area (Å²) in [5.74, 6) is 0.899. The van der Waals surface area contributed by atoms with Gasteiger partial charge in [-0.15, -0.1) is 0 Å². The van der Waals surface area contributed by atoms with Crippen LogP contribution in [0.15, 0.2) is 12.4 Å². The number of carbonyl (C=O) groups is 1. The van der Waals surface area contributed by atoms with Gasteiger partial charge >= 0.3 is 0 Å². The number of anilines is 1. The molecule has 0 aliphatic carbocycles. The van der Waals surface area contributed by atoms with Crippen LogP contribution >= 0.6 is 0 Å². The normalized spacial score (nSPS) is 12.3. The first kappa shape index (κ1) is 13.4. The second-order valence-electron chi connectivity index (χ2n) is 4.32. The predicted molar refractivity (Wildman–Crippen MR) is 68.0 cm³/mol. The topological polar surface area (TPSA) is 66.9 Å². The van der Waals surface area contributed by atoms with E-state index in [9.17, 15) is 4.79 Å². The molecule has 1 unspecified atom stereocenters. The predicted octanol–water partition coefficient (Wildman–Crippen LogP) is 1.68. The minimum Gasteiger partial charge on any atom is -0.369 e. The molecule has 2 N–H and O–H groups in total. The Balaban J connectivity index is 2.63. The van der Waals surface area contributed by atoms with Gasteiger partial charge in [0, 0.05) is 12.6 Å². The molecular weight excluding hydrogens is 216 g/mol. The van der Waals surface area contributed by atoms with Crippen molar-refractivity contribution in [1.29, 1.82) is 0 Å². The van der Waals surface area contributed by atoms with Crippen LogP contribution in [0.25, 0.3) is 0 Å². The van der Waals surface area contributed by atoms with E-state index in [-0.39, 0.29) is 11.9 Å². The summed E-state index contributed by atoms with van der Waals surface area (Å²) in [6.07, 6.45) is 3.05. The number of carbonyl (C=O) groups excluding carboxylic acids is 1. The van der Waals surface area contributed by atoms with Gasteiger partial charge in [0.05, 0.1) is 12.4 Å². The molecule has 0 saturated heterocycles. The van der Waals surface area contributed by atoms with Crippen molar-refractivity contribution in [3.05, 3.63) is 18.1 Å². The van der Waals surface area contributed by atoms with E-state index in [2.05, 4.69) is 34.4 Å². The van der Waals surface area contributed by atoms with Crippen LogP contribution in [0.5, 0.6) is 0 Å². The summed E-state index contributed by atoms with van der Waals surface area (Å²) in [6.45, 7) is 8.86. The molecule has 0 spiro atoms. The van der Waals surface area contributed by atoms with E-state index in [1.54, 1.807) is 6.20 Å². The van der Waals surface area contributed by atoms with Crippen molar-refractivity contribution >= 4 is 11.7 Å². The van der Waals surface area contributed by atoms with E-state index in [4.69, 9.17) is 0 Å². The fourth-order valence-electron chi connectivity index (χ4n) is 1.17. The van der Waals surface area contributed by atoms with E-state index in [0.717, 1.165) is 6.54 Å². The summed E-state index contributed by atoms with van der Waals surface area (Å²) in [5.41, 5.74) is 0.346. The summed E-state index contributed by atoms with van der Waals surface area (Å²) in [4.78, 5) is 20.0. The molecule has 5 nitrogen and oxygen atoms in total. The third-order valence-electron chi connectivity index (χ3n) is 2.60. The van der Waals surface area contributed by atoms with Crippen molar-refractivity contribution in [1.82, 2.24) is 15.3 Å². The summed E-state index contributed by atoms with van der Waals surface area (Å²) in [7, 11) is 0. The van der Waals surface area contributed by atoms with Gasteiger partial charge in [0.25, 0.3) is 5.91 Å². The molecule has 17 heavy (non-hydrogen) atoms. The maximum Gasteiger partial charge on any atom is 0.271 e. The van der Waals surface area contributed by atoms with Crippen LogP contribution in [0.3, 0.4) is 0 Å². The molecule has 1 aromatic heterocycles. The van der Waals surface area contributed by atoms with Gasteiger partial charge in [-0.3, -0.25) is 4.79 Å². The molecule has 1 atom stereocenters. The Morgan fingerprint density at radius 3 is 2.47 bits per heavy atom. The highest BCUT2D eigenvalue weighted by Gasteiger charge is 2.13. The molecule has 0 radical (unpaired) electrons. The molecule has 5 heteroatoms. The van der Waals surface area contributed by atoms with Crippen LogP contribution in [0, 0.1) is 5.92 Å². The van der Waals surface area contributed by atoms with E-state index in [0.29, 0.717) is 17.4 Å². The van der Waals surface area contributed by atoms with Gasteiger partial charge in [-0.2, -0.15) is 0 Å². The molecule has 1 aromatic rings. The number of hydrogen-bond acceptors (Lipinski definition) is 4. The Bertz CT molecular complexity index is 361.